The highest BCUT2D eigenvalue weighted by Crippen LogP contribution is 2.28. The van der Waals surface area contributed by atoms with Crippen molar-refractivity contribution in [2.75, 3.05) is 0 Å². The molecule has 66 valence electrons. The summed E-state index contributed by atoms with van der Waals surface area (Å²) in [7, 11) is 0. The number of rotatable bonds is 1. The average molecular weight is 192 g/mol. The van der Waals surface area contributed by atoms with Gasteiger partial charge < -0.3 is 0 Å². The second-order valence-electron chi connectivity index (χ2n) is 3.19. The Bertz CT molecular complexity index is 377. The zero-order chi connectivity index (χ0) is 9.26. The number of ketones is 1. The molecule has 1 aliphatic carbocycles. The fraction of sp³-hybridized carbons (Fsp3) is 0.444. The Morgan fingerprint density at radius 1 is 1.69 bits per heavy atom. The Morgan fingerprint density at radius 2 is 2.54 bits per heavy atom. The second kappa shape index (κ2) is 3.27. The van der Waals surface area contributed by atoms with E-state index in [2.05, 4.69) is 11.1 Å². The summed E-state index contributed by atoms with van der Waals surface area (Å²) in [4.78, 5) is 16.4. The van der Waals surface area contributed by atoms with Crippen LogP contribution in [-0.4, -0.2) is 10.8 Å². The summed E-state index contributed by atoms with van der Waals surface area (Å²) in [5.41, 5.74) is 2.60. The molecule has 4 heteroatoms. The normalized spacial score (nSPS) is 20.8. The van der Waals surface area contributed by atoms with E-state index in [1.807, 2.05) is 0 Å². The quantitative estimate of drug-likeness (QED) is 0.681. The number of aromatic nitrogens is 1. The maximum Gasteiger partial charge on any atom is 0.175 e. The van der Waals surface area contributed by atoms with E-state index >= 15 is 0 Å². The summed E-state index contributed by atoms with van der Waals surface area (Å²) in [5.74, 6) is 0.344. The van der Waals surface area contributed by atoms with Gasteiger partial charge in [-0.05, 0) is 12.3 Å². The van der Waals surface area contributed by atoms with Crippen molar-refractivity contribution in [3.63, 3.8) is 0 Å². The molecule has 0 bridgehead atoms. The molecule has 1 atom stereocenters. The Balaban J connectivity index is 2.25. The number of nitrogens with zero attached hydrogens (tertiary/aromatic N) is 2. The second-order valence-corrected chi connectivity index (χ2v) is 4.04. The zero-order valence-electron chi connectivity index (χ0n) is 6.99. The highest BCUT2D eigenvalue weighted by Gasteiger charge is 2.26. The summed E-state index contributed by atoms with van der Waals surface area (Å²) >= 11 is 1.41. The molecule has 1 aliphatic rings. The maximum absolute atomic E-state index is 11.5. The van der Waals surface area contributed by atoms with Gasteiger partial charge in [-0.3, -0.25) is 4.79 Å². The predicted molar refractivity (Wildman–Crippen MR) is 48.5 cm³/mol. The topological polar surface area (TPSA) is 53.8 Å². The number of carbonyl (C=O) groups excluding carboxylic acids is 1. The maximum atomic E-state index is 11.5. The lowest BCUT2D eigenvalue weighted by molar-refractivity contribution is 0.0953. The van der Waals surface area contributed by atoms with Gasteiger partial charge in [0.25, 0.3) is 0 Å². The molecule has 0 saturated heterocycles. The number of nitriles is 1. The van der Waals surface area contributed by atoms with Crippen molar-refractivity contribution in [3.8, 4) is 6.07 Å². The number of thiazole rings is 1. The van der Waals surface area contributed by atoms with Gasteiger partial charge in [0.1, 0.15) is 0 Å². The Hall–Kier alpha value is -1.21. The summed E-state index contributed by atoms with van der Waals surface area (Å²) < 4.78 is 0. The standard InChI is InChI=1S/C9H8N2OS/c10-2-1-6-3-7-9(8(12)4-6)13-5-11-7/h5-6H,1,3-4H2. The lowest BCUT2D eigenvalue weighted by atomic mass is 9.88. The predicted octanol–water partition coefficient (Wildman–Crippen LogP) is 1.80. The van der Waals surface area contributed by atoms with Crippen molar-refractivity contribution in [2.45, 2.75) is 19.3 Å². The minimum Gasteiger partial charge on any atom is -0.293 e. The average Bonchev–Trinajstić information content (AvgIpc) is 2.53. The molecule has 0 radical (unpaired) electrons. The van der Waals surface area contributed by atoms with Crippen LogP contribution in [-0.2, 0) is 6.42 Å². The molecule has 1 unspecified atom stereocenters. The van der Waals surface area contributed by atoms with Crippen LogP contribution in [0.15, 0.2) is 5.51 Å². The lowest BCUT2D eigenvalue weighted by Crippen LogP contribution is -2.18. The molecule has 1 aromatic heterocycles. The van der Waals surface area contributed by atoms with Gasteiger partial charge in [0, 0.05) is 12.8 Å². The van der Waals surface area contributed by atoms with Crippen LogP contribution in [0.3, 0.4) is 0 Å². The van der Waals surface area contributed by atoms with Gasteiger partial charge in [-0.1, -0.05) is 0 Å². The molecular weight excluding hydrogens is 184 g/mol. The number of hydrogen-bond donors (Lipinski definition) is 0. The van der Waals surface area contributed by atoms with E-state index in [0.29, 0.717) is 12.8 Å². The number of carbonyl (C=O) groups is 1. The van der Waals surface area contributed by atoms with Crippen LogP contribution in [0.4, 0.5) is 0 Å². The van der Waals surface area contributed by atoms with Gasteiger partial charge in [0.2, 0.25) is 0 Å². The molecule has 0 spiro atoms. The van der Waals surface area contributed by atoms with Crippen molar-refractivity contribution in [1.29, 1.82) is 5.26 Å². The molecule has 0 saturated carbocycles. The Kier molecular flexibility index (Phi) is 2.11. The monoisotopic (exact) mass is 192 g/mol. The third-order valence-corrected chi connectivity index (χ3v) is 3.14. The van der Waals surface area contributed by atoms with E-state index in [1.54, 1.807) is 5.51 Å². The van der Waals surface area contributed by atoms with Crippen LogP contribution in [0.5, 0.6) is 0 Å². The molecular formula is C9H8N2OS. The van der Waals surface area contributed by atoms with E-state index in [1.165, 1.54) is 11.3 Å². The van der Waals surface area contributed by atoms with E-state index in [9.17, 15) is 4.79 Å². The van der Waals surface area contributed by atoms with Gasteiger partial charge >= 0.3 is 0 Å². The van der Waals surface area contributed by atoms with Gasteiger partial charge in [-0.15, -0.1) is 11.3 Å². The summed E-state index contributed by atoms with van der Waals surface area (Å²) in [5, 5.41) is 8.52. The molecule has 0 N–H and O–H groups in total. The molecule has 1 heterocycles. The number of fused-ring (bicyclic) bond motifs is 1. The summed E-state index contributed by atoms with van der Waals surface area (Å²) in [6, 6.07) is 2.10. The number of hydrogen-bond acceptors (Lipinski definition) is 4. The van der Waals surface area contributed by atoms with Gasteiger partial charge in [0.05, 0.1) is 22.2 Å². The van der Waals surface area contributed by atoms with Crippen LogP contribution >= 0.6 is 11.3 Å². The van der Waals surface area contributed by atoms with E-state index in [4.69, 9.17) is 5.26 Å². The first kappa shape index (κ1) is 8.39. The van der Waals surface area contributed by atoms with Crippen LogP contribution in [0.1, 0.15) is 28.2 Å². The molecule has 3 nitrogen and oxygen atoms in total. The van der Waals surface area contributed by atoms with E-state index < -0.39 is 0 Å². The first-order chi connectivity index (χ1) is 6.31. The molecule has 2 rings (SSSR count). The zero-order valence-corrected chi connectivity index (χ0v) is 7.80. The minimum absolute atomic E-state index is 0.156. The van der Waals surface area contributed by atoms with Crippen LogP contribution < -0.4 is 0 Å². The lowest BCUT2D eigenvalue weighted by Gasteiger charge is -2.16. The third-order valence-electron chi connectivity index (χ3n) is 2.23. The van der Waals surface area contributed by atoms with Crippen molar-refractivity contribution in [3.05, 3.63) is 16.1 Å². The first-order valence-electron chi connectivity index (χ1n) is 4.13. The van der Waals surface area contributed by atoms with Crippen molar-refractivity contribution >= 4 is 17.1 Å². The highest BCUT2D eigenvalue weighted by molar-refractivity contribution is 7.12. The van der Waals surface area contributed by atoms with Gasteiger partial charge in [-0.2, -0.15) is 5.26 Å². The minimum atomic E-state index is 0.156. The summed E-state index contributed by atoms with van der Waals surface area (Å²) in [6.45, 7) is 0. The largest absolute Gasteiger partial charge is 0.293 e. The van der Waals surface area contributed by atoms with Gasteiger partial charge in [0.15, 0.2) is 5.78 Å². The highest BCUT2D eigenvalue weighted by atomic mass is 32.1. The van der Waals surface area contributed by atoms with E-state index in [0.717, 1.165) is 17.0 Å². The van der Waals surface area contributed by atoms with Crippen molar-refractivity contribution in [2.24, 2.45) is 5.92 Å². The molecule has 0 fully saturated rings. The fourth-order valence-electron chi connectivity index (χ4n) is 1.62. The van der Waals surface area contributed by atoms with Crippen LogP contribution in [0.2, 0.25) is 0 Å². The molecule has 13 heavy (non-hydrogen) atoms. The third kappa shape index (κ3) is 1.47. The number of Topliss-reactive ketones (excluding diaryl/α,β-unsaturated/α-hetero) is 1. The first-order valence-corrected chi connectivity index (χ1v) is 5.01. The molecule has 0 aliphatic heterocycles. The summed E-state index contributed by atoms with van der Waals surface area (Å²) in [6.07, 6.45) is 1.77. The molecule has 0 aromatic carbocycles. The molecule has 0 amide bonds. The van der Waals surface area contributed by atoms with E-state index in [-0.39, 0.29) is 11.7 Å². The molecule has 1 aromatic rings. The van der Waals surface area contributed by atoms with Crippen LogP contribution in [0, 0.1) is 17.2 Å². The Morgan fingerprint density at radius 3 is 3.31 bits per heavy atom. The Labute approximate surface area is 80.0 Å². The SMILES string of the molecule is N#CCC1CC(=O)c2scnc2C1. The van der Waals surface area contributed by atoms with Crippen molar-refractivity contribution < 1.29 is 4.79 Å². The van der Waals surface area contributed by atoms with Gasteiger partial charge in [-0.25, -0.2) is 4.98 Å². The van der Waals surface area contributed by atoms with Crippen LogP contribution in [0.25, 0.3) is 0 Å². The smallest absolute Gasteiger partial charge is 0.175 e. The fourth-order valence-corrected chi connectivity index (χ4v) is 2.39. The van der Waals surface area contributed by atoms with Crippen molar-refractivity contribution in [1.82, 2.24) is 4.98 Å².